The van der Waals surface area contributed by atoms with Crippen LogP contribution in [0.2, 0.25) is 0 Å². The van der Waals surface area contributed by atoms with Crippen molar-refractivity contribution in [2.45, 2.75) is 32.6 Å². The molecule has 1 unspecified atom stereocenters. The Morgan fingerprint density at radius 3 is 2.57 bits per heavy atom. The highest BCUT2D eigenvalue weighted by atomic mass is 35.5. The Morgan fingerprint density at radius 1 is 1.33 bits per heavy atom. The number of halogens is 3. The van der Waals surface area contributed by atoms with Crippen LogP contribution >= 0.6 is 11.6 Å². The van der Waals surface area contributed by atoms with Crippen LogP contribution in [-0.2, 0) is 20.7 Å². The van der Waals surface area contributed by atoms with Gasteiger partial charge in [0, 0.05) is 17.9 Å². The minimum atomic E-state index is -0.834. The van der Waals surface area contributed by atoms with Gasteiger partial charge in [0.15, 0.2) is 5.78 Å². The molecular weight excluding hydrogens is 302 g/mol. The Balaban J connectivity index is 2.98. The van der Waals surface area contributed by atoms with Gasteiger partial charge in [-0.25, -0.2) is 8.78 Å². The van der Waals surface area contributed by atoms with Gasteiger partial charge in [-0.05, 0) is 31.0 Å². The van der Waals surface area contributed by atoms with Crippen LogP contribution in [0.3, 0.4) is 0 Å². The van der Waals surface area contributed by atoms with E-state index in [-0.39, 0.29) is 36.5 Å². The summed E-state index contributed by atoms with van der Waals surface area (Å²) >= 11 is 5.44. The highest BCUT2D eigenvalue weighted by Crippen LogP contribution is 2.25. The first-order valence-corrected chi connectivity index (χ1v) is 7.16. The number of benzene rings is 1. The minimum absolute atomic E-state index is 0.0111. The summed E-state index contributed by atoms with van der Waals surface area (Å²) in [7, 11) is 0. The van der Waals surface area contributed by atoms with Crippen LogP contribution in [0.15, 0.2) is 12.1 Å². The second kappa shape index (κ2) is 8.08. The molecule has 0 fully saturated rings. The van der Waals surface area contributed by atoms with Gasteiger partial charge in [-0.15, -0.1) is 11.6 Å². The number of aryl methyl sites for hydroxylation is 1. The van der Waals surface area contributed by atoms with Gasteiger partial charge in [-0.1, -0.05) is 6.92 Å². The third-order valence-corrected chi connectivity index (χ3v) is 3.39. The molecule has 0 spiro atoms. The SMILES string of the molecule is CCOC(=O)CCc1cc(F)cc(C(C)C(=O)CCl)c1F. The van der Waals surface area contributed by atoms with Crippen molar-refractivity contribution >= 4 is 23.4 Å². The quantitative estimate of drug-likeness (QED) is 0.572. The first-order chi connectivity index (χ1) is 9.90. The molecule has 1 rings (SSSR count). The summed E-state index contributed by atoms with van der Waals surface area (Å²) in [5.41, 5.74) is 0.00628. The summed E-state index contributed by atoms with van der Waals surface area (Å²) in [5, 5.41) is 0. The number of alkyl halides is 1. The highest BCUT2D eigenvalue weighted by Gasteiger charge is 2.21. The largest absolute Gasteiger partial charge is 0.466 e. The smallest absolute Gasteiger partial charge is 0.306 e. The van der Waals surface area contributed by atoms with Crippen molar-refractivity contribution < 1.29 is 23.1 Å². The maximum atomic E-state index is 14.3. The molecule has 0 heterocycles. The van der Waals surface area contributed by atoms with E-state index in [1.54, 1.807) is 6.92 Å². The van der Waals surface area contributed by atoms with E-state index in [1.807, 2.05) is 0 Å². The molecule has 0 aliphatic carbocycles. The van der Waals surface area contributed by atoms with Gasteiger partial charge < -0.3 is 4.74 Å². The molecule has 3 nitrogen and oxygen atoms in total. The Hall–Kier alpha value is -1.49. The lowest BCUT2D eigenvalue weighted by Crippen LogP contribution is -2.14. The first kappa shape index (κ1) is 17.6. The molecule has 0 bridgehead atoms. The van der Waals surface area contributed by atoms with Crippen LogP contribution < -0.4 is 0 Å². The zero-order valence-corrected chi connectivity index (χ0v) is 12.7. The van der Waals surface area contributed by atoms with Gasteiger partial charge in [-0.3, -0.25) is 9.59 Å². The van der Waals surface area contributed by atoms with E-state index < -0.39 is 29.3 Å². The Labute approximate surface area is 127 Å². The standard InChI is InChI=1S/C15H17ClF2O3/c1-3-21-14(20)5-4-10-6-11(17)7-12(15(10)18)9(2)13(19)8-16/h6-7,9H,3-5,8H2,1-2H3. The lowest BCUT2D eigenvalue weighted by molar-refractivity contribution is -0.143. The summed E-state index contributed by atoms with van der Waals surface area (Å²) in [6.45, 7) is 3.37. The van der Waals surface area contributed by atoms with E-state index in [0.29, 0.717) is 0 Å². The minimum Gasteiger partial charge on any atom is -0.466 e. The maximum absolute atomic E-state index is 14.3. The summed E-state index contributed by atoms with van der Waals surface area (Å²) in [6.07, 6.45) is -0.0390. The van der Waals surface area contributed by atoms with Gasteiger partial charge in [0.1, 0.15) is 11.6 Å². The van der Waals surface area contributed by atoms with E-state index in [9.17, 15) is 18.4 Å². The number of rotatable bonds is 7. The molecule has 116 valence electrons. The summed E-state index contributed by atoms with van der Waals surface area (Å²) < 4.78 is 32.6. The van der Waals surface area contributed by atoms with Crippen LogP contribution in [-0.4, -0.2) is 24.2 Å². The number of hydrogen-bond acceptors (Lipinski definition) is 3. The van der Waals surface area contributed by atoms with E-state index >= 15 is 0 Å². The third kappa shape index (κ3) is 4.77. The van der Waals surface area contributed by atoms with Crippen molar-refractivity contribution in [2.75, 3.05) is 12.5 Å². The summed E-state index contributed by atoms with van der Waals surface area (Å²) in [5.74, 6) is -3.30. The Bertz CT molecular complexity index is 532. The molecule has 0 saturated heterocycles. The number of carbonyl (C=O) groups is 2. The van der Waals surface area contributed by atoms with E-state index in [0.717, 1.165) is 12.1 Å². The average molecular weight is 319 g/mol. The summed E-state index contributed by atoms with van der Waals surface area (Å²) in [6, 6.07) is 2.01. The third-order valence-electron chi connectivity index (χ3n) is 3.13. The molecule has 0 N–H and O–H groups in total. The van der Waals surface area contributed by atoms with Crippen molar-refractivity contribution in [1.29, 1.82) is 0 Å². The van der Waals surface area contributed by atoms with Gasteiger partial charge >= 0.3 is 5.97 Å². The average Bonchev–Trinajstić information content (AvgIpc) is 2.46. The summed E-state index contributed by atoms with van der Waals surface area (Å²) in [4.78, 5) is 22.8. The first-order valence-electron chi connectivity index (χ1n) is 6.62. The van der Waals surface area contributed by atoms with Crippen LogP contribution in [0, 0.1) is 11.6 Å². The lowest BCUT2D eigenvalue weighted by atomic mass is 9.93. The fraction of sp³-hybridized carbons (Fsp3) is 0.467. The number of esters is 1. The Kier molecular flexibility index (Phi) is 6.75. The Morgan fingerprint density at radius 2 is 2.00 bits per heavy atom. The van der Waals surface area contributed by atoms with Crippen molar-refractivity contribution in [3.8, 4) is 0 Å². The maximum Gasteiger partial charge on any atom is 0.306 e. The van der Waals surface area contributed by atoms with E-state index in [1.165, 1.54) is 6.92 Å². The highest BCUT2D eigenvalue weighted by molar-refractivity contribution is 6.28. The molecule has 0 aromatic heterocycles. The molecule has 0 saturated carbocycles. The zero-order chi connectivity index (χ0) is 16.0. The van der Waals surface area contributed by atoms with Crippen LogP contribution in [0.5, 0.6) is 0 Å². The number of carbonyl (C=O) groups excluding carboxylic acids is 2. The normalized spacial score (nSPS) is 12.0. The van der Waals surface area contributed by atoms with Crippen LogP contribution in [0.25, 0.3) is 0 Å². The molecule has 0 aliphatic heterocycles. The fourth-order valence-electron chi connectivity index (χ4n) is 1.92. The lowest BCUT2D eigenvalue weighted by Gasteiger charge is -2.13. The zero-order valence-electron chi connectivity index (χ0n) is 11.9. The molecule has 1 aromatic rings. The van der Waals surface area contributed by atoms with E-state index in [2.05, 4.69) is 0 Å². The predicted molar refractivity (Wildman–Crippen MR) is 75.5 cm³/mol. The number of ether oxygens (including phenoxy) is 1. The fourth-order valence-corrected chi connectivity index (χ4v) is 2.16. The second-order valence-corrected chi connectivity index (χ2v) is 4.86. The predicted octanol–water partition coefficient (Wildman–Crippen LogP) is 3.37. The van der Waals surface area contributed by atoms with Gasteiger partial charge in [-0.2, -0.15) is 0 Å². The van der Waals surface area contributed by atoms with E-state index in [4.69, 9.17) is 16.3 Å². The van der Waals surface area contributed by atoms with Gasteiger partial charge in [0.05, 0.1) is 12.5 Å². The van der Waals surface area contributed by atoms with Gasteiger partial charge in [0.25, 0.3) is 0 Å². The topological polar surface area (TPSA) is 43.4 Å². The molecular formula is C15H17ClF2O3. The molecule has 0 radical (unpaired) electrons. The van der Waals surface area contributed by atoms with Crippen molar-refractivity contribution in [1.82, 2.24) is 0 Å². The number of ketones is 1. The van der Waals surface area contributed by atoms with Crippen molar-refractivity contribution in [2.24, 2.45) is 0 Å². The monoisotopic (exact) mass is 318 g/mol. The molecule has 21 heavy (non-hydrogen) atoms. The molecule has 0 aliphatic rings. The van der Waals surface area contributed by atoms with Crippen LogP contribution in [0.4, 0.5) is 8.78 Å². The van der Waals surface area contributed by atoms with Crippen LogP contribution in [0.1, 0.15) is 37.3 Å². The molecule has 6 heteroatoms. The molecule has 1 aromatic carbocycles. The van der Waals surface area contributed by atoms with Gasteiger partial charge in [0.2, 0.25) is 0 Å². The van der Waals surface area contributed by atoms with Crippen molar-refractivity contribution in [3.63, 3.8) is 0 Å². The number of hydrogen-bond donors (Lipinski definition) is 0. The van der Waals surface area contributed by atoms with Crippen molar-refractivity contribution in [3.05, 3.63) is 34.9 Å². The number of Topliss-reactive ketones (excluding diaryl/α,β-unsaturated/α-hetero) is 1. The molecule has 0 amide bonds. The second-order valence-electron chi connectivity index (χ2n) is 4.59. The molecule has 1 atom stereocenters.